The fourth-order valence-corrected chi connectivity index (χ4v) is 1.77. The van der Waals surface area contributed by atoms with Gasteiger partial charge < -0.3 is 10.1 Å². The monoisotopic (exact) mass is 241 g/mol. The highest BCUT2D eigenvalue weighted by molar-refractivity contribution is 6.31. The van der Waals surface area contributed by atoms with Crippen LogP contribution in [0.2, 0.25) is 5.02 Å². The summed E-state index contributed by atoms with van der Waals surface area (Å²) in [7, 11) is 0. The standard InChI is InChI=1S/C13H20ClNO/c1-4-15-13(9-16-5-2)11-7-6-10(3)12(14)8-11/h6-8,13,15H,4-5,9H2,1-3H3. The summed E-state index contributed by atoms with van der Waals surface area (Å²) in [5.41, 5.74) is 2.29. The molecule has 3 heteroatoms. The molecule has 2 nitrogen and oxygen atoms in total. The SMILES string of the molecule is CCNC(COCC)c1ccc(C)c(Cl)c1. The maximum absolute atomic E-state index is 6.12. The second-order valence-corrected chi connectivity index (χ2v) is 4.19. The van der Waals surface area contributed by atoms with Crippen molar-refractivity contribution in [1.82, 2.24) is 5.32 Å². The van der Waals surface area contributed by atoms with Gasteiger partial charge in [-0.1, -0.05) is 30.7 Å². The van der Waals surface area contributed by atoms with Crippen molar-refractivity contribution in [2.45, 2.75) is 26.8 Å². The van der Waals surface area contributed by atoms with Gasteiger partial charge in [0, 0.05) is 11.6 Å². The van der Waals surface area contributed by atoms with Gasteiger partial charge in [0.25, 0.3) is 0 Å². The maximum atomic E-state index is 6.12. The molecule has 0 radical (unpaired) electrons. The Bertz CT molecular complexity index is 328. The fourth-order valence-electron chi connectivity index (χ4n) is 1.58. The molecule has 1 aromatic carbocycles. The highest BCUT2D eigenvalue weighted by atomic mass is 35.5. The summed E-state index contributed by atoms with van der Waals surface area (Å²) in [6.07, 6.45) is 0. The zero-order chi connectivity index (χ0) is 12.0. The quantitative estimate of drug-likeness (QED) is 0.825. The first-order chi connectivity index (χ1) is 7.69. The average Bonchev–Trinajstić information content (AvgIpc) is 2.28. The summed E-state index contributed by atoms with van der Waals surface area (Å²) >= 11 is 6.12. The van der Waals surface area contributed by atoms with Gasteiger partial charge in [0.05, 0.1) is 12.6 Å². The van der Waals surface area contributed by atoms with Crippen LogP contribution < -0.4 is 5.32 Å². The molecule has 1 N–H and O–H groups in total. The lowest BCUT2D eigenvalue weighted by molar-refractivity contribution is 0.123. The Kier molecular flexibility index (Phi) is 5.81. The number of halogens is 1. The van der Waals surface area contributed by atoms with Gasteiger partial charge in [0.1, 0.15) is 0 Å². The van der Waals surface area contributed by atoms with Gasteiger partial charge in [0.15, 0.2) is 0 Å². The van der Waals surface area contributed by atoms with E-state index in [0.717, 1.165) is 23.7 Å². The van der Waals surface area contributed by atoms with Crippen molar-refractivity contribution in [1.29, 1.82) is 0 Å². The third-order valence-corrected chi connectivity index (χ3v) is 2.94. The van der Waals surface area contributed by atoms with Gasteiger partial charge in [-0.25, -0.2) is 0 Å². The molecule has 0 aliphatic carbocycles. The number of nitrogens with one attached hydrogen (secondary N) is 1. The highest BCUT2D eigenvalue weighted by Crippen LogP contribution is 2.21. The molecule has 16 heavy (non-hydrogen) atoms. The van der Waals surface area contributed by atoms with Crippen molar-refractivity contribution in [3.63, 3.8) is 0 Å². The van der Waals surface area contributed by atoms with Crippen LogP contribution in [0.15, 0.2) is 18.2 Å². The van der Waals surface area contributed by atoms with Crippen molar-refractivity contribution < 1.29 is 4.74 Å². The molecular weight excluding hydrogens is 222 g/mol. The van der Waals surface area contributed by atoms with Crippen molar-refractivity contribution in [2.24, 2.45) is 0 Å². The van der Waals surface area contributed by atoms with E-state index in [9.17, 15) is 0 Å². The zero-order valence-electron chi connectivity index (χ0n) is 10.2. The zero-order valence-corrected chi connectivity index (χ0v) is 11.0. The number of rotatable bonds is 6. The first kappa shape index (κ1) is 13.5. The second kappa shape index (κ2) is 6.89. The van der Waals surface area contributed by atoms with Gasteiger partial charge in [-0.15, -0.1) is 0 Å². The molecule has 0 spiro atoms. The summed E-state index contributed by atoms with van der Waals surface area (Å²) in [5, 5.41) is 4.21. The first-order valence-electron chi connectivity index (χ1n) is 5.76. The Morgan fingerprint density at radius 1 is 1.38 bits per heavy atom. The molecule has 0 saturated heterocycles. The molecular formula is C13H20ClNO. The van der Waals surface area contributed by atoms with Crippen LogP contribution in [0.3, 0.4) is 0 Å². The van der Waals surface area contributed by atoms with Crippen LogP contribution in [0.4, 0.5) is 0 Å². The summed E-state index contributed by atoms with van der Waals surface area (Å²) in [5.74, 6) is 0. The number of aryl methyl sites for hydroxylation is 1. The summed E-state index contributed by atoms with van der Waals surface area (Å²) in [4.78, 5) is 0. The molecule has 0 saturated carbocycles. The molecule has 1 unspecified atom stereocenters. The lowest BCUT2D eigenvalue weighted by Gasteiger charge is -2.18. The lowest BCUT2D eigenvalue weighted by atomic mass is 10.1. The van der Waals surface area contributed by atoms with Crippen molar-refractivity contribution >= 4 is 11.6 Å². The maximum Gasteiger partial charge on any atom is 0.0661 e. The minimum absolute atomic E-state index is 0.225. The van der Waals surface area contributed by atoms with Crippen LogP contribution in [-0.4, -0.2) is 19.8 Å². The smallest absolute Gasteiger partial charge is 0.0661 e. The molecule has 0 aliphatic rings. The molecule has 0 bridgehead atoms. The second-order valence-electron chi connectivity index (χ2n) is 3.78. The first-order valence-corrected chi connectivity index (χ1v) is 6.14. The van der Waals surface area contributed by atoms with Gasteiger partial charge in [0.2, 0.25) is 0 Å². The molecule has 1 atom stereocenters. The number of ether oxygens (including phenoxy) is 1. The molecule has 0 heterocycles. The number of likely N-dealkylation sites (N-methyl/N-ethyl adjacent to an activating group) is 1. The molecule has 90 valence electrons. The largest absolute Gasteiger partial charge is 0.380 e. The van der Waals surface area contributed by atoms with Crippen LogP contribution >= 0.6 is 11.6 Å². The number of benzene rings is 1. The third kappa shape index (κ3) is 3.78. The number of hydrogen-bond donors (Lipinski definition) is 1. The molecule has 1 rings (SSSR count). The Balaban J connectivity index is 2.78. The highest BCUT2D eigenvalue weighted by Gasteiger charge is 2.11. The third-order valence-electron chi connectivity index (χ3n) is 2.54. The van der Waals surface area contributed by atoms with E-state index in [-0.39, 0.29) is 6.04 Å². The lowest BCUT2D eigenvalue weighted by Crippen LogP contribution is -2.25. The Labute approximate surface area is 103 Å². The topological polar surface area (TPSA) is 21.3 Å². The normalized spacial score (nSPS) is 12.8. The van der Waals surface area contributed by atoms with Crippen LogP contribution in [0, 0.1) is 6.92 Å². The molecule has 0 fully saturated rings. The predicted octanol–water partition coefficient (Wildman–Crippen LogP) is 3.34. The van der Waals surface area contributed by atoms with E-state index < -0.39 is 0 Å². The molecule has 0 amide bonds. The number of hydrogen-bond acceptors (Lipinski definition) is 2. The summed E-state index contributed by atoms with van der Waals surface area (Å²) in [6, 6.07) is 6.40. The Morgan fingerprint density at radius 2 is 2.12 bits per heavy atom. The van der Waals surface area contributed by atoms with E-state index in [4.69, 9.17) is 16.3 Å². The Morgan fingerprint density at radius 3 is 2.69 bits per heavy atom. The minimum Gasteiger partial charge on any atom is -0.380 e. The van der Waals surface area contributed by atoms with E-state index in [1.807, 2.05) is 26.0 Å². The van der Waals surface area contributed by atoms with Crippen molar-refractivity contribution in [2.75, 3.05) is 19.8 Å². The van der Waals surface area contributed by atoms with Gasteiger partial charge in [-0.05, 0) is 37.6 Å². The summed E-state index contributed by atoms with van der Waals surface area (Å²) < 4.78 is 5.47. The van der Waals surface area contributed by atoms with E-state index in [1.54, 1.807) is 0 Å². The van der Waals surface area contributed by atoms with Crippen LogP contribution in [0.25, 0.3) is 0 Å². The van der Waals surface area contributed by atoms with E-state index in [0.29, 0.717) is 6.61 Å². The fraction of sp³-hybridized carbons (Fsp3) is 0.538. The van der Waals surface area contributed by atoms with E-state index in [1.165, 1.54) is 5.56 Å². The van der Waals surface area contributed by atoms with E-state index in [2.05, 4.69) is 18.3 Å². The van der Waals surface area contributed by atoms with E-state index >= 15 is 0 Å². The van der Waals surface area contributed by atoms with Crippen molar-refractivity contribution in [3.8, 4) is 0 Å². The summed E-state index contributed by atoms with van der Waals surface area (Å²) in [6.45, 7) is 8.45. The van der Waals surface area contributed by atoms with Crippen molar-refractivity contribution in [3.05, 3.63) is 34.3 Å². The van der Waals surface area contributed by atoms with Gasteiger partial charge in [-0.3, -0.25) is 0 Å². The van der Waals surface area contributed by atoms with Crippen LogP contribution in [-0.2, 0) is 4.74 Å². The predicted molar refractivity (Wildman–Crippen MR) is 69.1 cm³/mol. The minimum atomic E-state index is 0.225. The van der Waals surface area contributed by atoms with Crippen LogP contribution in [0.5, 0.6) is 0 Å². The van der Waals surface area contributed by atoms with Crippen LogP contribution in [0.1, 0.15) is 31.0 Å². The molecule has 1 aromatic rings. The molecule has 0 aromatic heterocycles. The molecule has 0 aliphatic heterocycles. The average molecular weight is 242 g/mol. The Hall–Kier alpha value is -0.570. The van der Waals surface area contributed by atoms with Gasteiger partial charge >= 0.3 is 0 Å². The van der Waals surface area contributed by atoms with Gasteiger partial charge in [-0.2, -0.15) is 0 Å².